The van der Waals surface area contributed by atoms with Crippen molar-refractivity contribution in [3.8, 4) is 11.5 Å². The van der Waals surface area contributed by atoms with Crippen LogP contribution in [-0.2, 0) is 10.0 Å². The summed E-state index contributed by atoms with van der Waals surface area (Å²) in [5.74, 6) is 0.237. The summed E-state index contributed by atoms with van der Waals surface area (Å²) < 4.78 is 35.9. The van der Waals surface area contributed by atoms with Gasteiger partial charge in [0.15, 0.2) is 0 Å². The molecule has 1 N–H and O–H groups in total. The standard InChI is InChI=1S/C21H16BrClN2O5S/c1-29-18-7-2-14(3-8-18)21(26)30-20-11-4-16(22)12-15(20)13-24-25-31(27,28)19-9-5-17(23)6-10-19/h2-13,25H,1H3/b24-13-. The molecule has 0 aliphatic carbocycles. The fourth-order valence-corrected chi connectivity index (χ4v) is 3.73. The normalized spacial score (nSPS) is 11.3. The Morgan fingerprint density at radius 3 is 2.39 bits per heavy atom. The maximum Gasteiger partial charge on any atom is 0.343 e. The van der Waals surface area contributed by atoms with Crippen molar-refractivity contribution in [2.24, 2.45) is 5.10 Å². The molecule has 0 atom stereocenters. The number of hydrogen-bond acceptors (Lipinski definition) is 6. The lowest BCUT2D eigenvalue weighted by molar-refractivity contribution is 0.0734. The minimum atomic E-state index is -3.88. The summed E-state index contributed by atoms with van der Waals surface area (Å²) in [4.78, 5) is 14.6. The molecular weight excluding hydrogens is 508 g/mol. The van der Waals surface area contributed by atoms with Crippen molar-refractivity contribution in [2.45, 2.75) is 4.90 Å². The Hall–Kier alpha value is -2.88. The fourth-order valence-electron chi connectivity index (χ4n) is 2.43. The molecule has 31 heavy (non-hydrogen) atoms. The number of benzene rings is 3. The topological polar surface area (TPSA) is 94.1 Å². The average Bonchev–Trinajstić information content (AvgIpc) is 2.75. The van der Waals surface area contributed by atoms with Crippen LogP contribution < -0.4 is 14.3 Å². The van der Waals surface area contributed by atoms with E-state index in [2.05, 4.69) is 25.9 Å². The Labute approximate surface area is 192 Å². The van der Waals surface area contributed by atoms with Gasteiger partial charge in [-0.05, 0) is 66.7 Å². The van der Waals surface area contributed by atoms with Crippen LogP contribution in [0.5, 0.6) is 11.5 Å². The van der Waals surface area contributed by atoms with Crippen molar-refractivity contribution in [3.63, 3.8) is 0 Å². The third-order valence-electron chi connectivity index (χ3n) is 4.00. The van der Waals surface area contributed by atoms with Gasteiger partial charge in [0.25, 0.3) is 10.0 Å². The van der Waals surface area contributed by atoms with Gasteiger partial charge in [-0.2, -0.15) is 13.5 Å². The first-order chi connectivity index (χ1) is 14.8. The van der Waals surface area contributed by atoms with Crippen LogP contribution in [-0.4, -0.2) is 27.7 Å². The summed E-state index contributed by atoms with van der Waals surface area (Å²) in [5, 5.41) is 4.21. The first-order valence-electron chi connectivity index (χ1n) is 8.75. The van der Waals surface area contributed by atoms with E-state index < -0.39 is 16.0 Å². The lowest BCUT2D eigenvalue weighted by atomic mass is 10.2. The molecule has 0 aliphatic rings. The van der Waals surface area contributed by atoms with E-state index in [4.69, 9.17) is 21.1 Å². The molecule has 0 aliphatic heterocycles. The van der Waals surface area contributed by atoms with E-state index in [-0.39, 0.29) is 10.6 Å². The number of esters is 1. The maximum atomic E-state index is 12.5. The van der Waals surface area contributed by atoms with E-state index >= 15 is 0 Å². The van der Waals surface area contributed by atoms with E-state index in [0.29, 0.717) is 26.4 Å². The van der Waals surface area contributed by atoms with Crippen molar-refractivity contribution >= 4 is 49.7 Å². The van der Waals surface area contributed by atoms with E-state index in [9.17, 15) is 13.2 Å². The zero-order chi connectivity index (χ0) is 22.4. The SMILES string of the molecule is COc1ccc(C(=O)Oc2ccc(Br)cc2/C=N\NS(=O)(=O)c2ccc(Cl)cc2)cc1. The molecule has 3 aromatic rings. The lowest BCUT2D eigenvalue weighted by Gasteiger charge is -2.09. The fraction of sp³-hybridized carbons (Fsp3) is 0.0476. The first kappa shape index (κ1) is 22.8. The zero-order valence-corrected chi connectivity index (χ0v) is 19.2. The van der Waals surface area contributed by atoms with E-state index in [0.717, 1.165) is 0 Å². The Morgan fingerprint density at radius 2 is 1.74 bits per heavy atom. The second kappa shape index (κ2) is 9.95. The molecule has 0 aromatic heterocycles. The van der Waals surface area contributed by atoms with Crippen molar-refractivity contribution in [1.82, 2.24) is 4.83 Å². The van der Waals surface area contributed by atoms with Crippen LogP contribution in [0.15, 0.2) is 81.2 Å². The number of methoxy groups -OCH3 is 1. The summed E-state index contributed by atoms with van der Waals surface area (Å²) >= 11 is 9.11. The average molecular weight is 524 g/mol. The van der Waals surface area contributed by atoms with Gasteiger partial charge in [-0.25, -0.2) is 9.63 Å². The Morgan fingerprint density at radius 1 is 1.06 bits per heavy atom. The summed E-state index contributed by atoms with van der Waals surface area (Å²) in [6, 6.07) is 17.0. The number of rotatable bonds is 7. The largest absolute Gasteiger partial charge is 0.497 e. The summed E-state index contributed by atoms with van der Waals surface area (Å²) in [5.41, 5.74) is 0.713. The van der Waals surface area contributed by atoms with Crippen molar-refractivity contribution in [1.29, 1.82) is 0 Å². The molecule has 10 heteroatoms. The first-order valence-corrected chi connectivity index (χ1v) is 11.4. The van der Waals surface area contributed by atoms with Crippen LogP contribution in [0.25, 0.3) is 0 Å². The molecule has 0 saturated carbocycles. The van der Waals surface area contributed by atoms with Crippen LogP contribution in [0.2, 0.25) is 5.02 Å². The van der Waals surface area contributed by atoms with Crippen molar-refractivity contribution in [3.05, 3.63) is 87.4 Å². The Kier molecular flexibility index (Phi) is 7.32. The van der Waals surface area contributed by atoms with Crippen LogP contribution in [0, 0.1) is 0 Å². The van der Waals surface area contributed by atoms with Crippen LogP contribution in [0.1, 0.15) is 15.9 Å². The highest BCUT2D eigenvalue weighted by atomic mass is 79.9. The number of hydrogen-bond donors (Lipinski definition) is 1. The highest BCUT2D eigenvalue weighted by Crippen LogP contribution is 2.23. The summed E-state index contributed by atoms with van der Waals surface area (Å²) in [7, 11) is -2.35. The van der Waals surface area contributed by atoms with Gasteiger partial charge in [0.2, 0.25) is 0 Å². The van der Waals surface area contributed by atoms with E-state index in [1.807, 2.05) is 0 Å². The van der Waals surface area contributed by atoms with Gasteiger partial charge in [0, 0.05) is 15.1 Å². The quantitative estimate of drug-likeness (QED) is 0.211. The van der Waals surface area contributed by atoms with Gasteiger partial charge in [0.05, 0.1) is 23.8 Å². The second-order valence-electron chi connectivity index (χ2n) is 6.11. The minimum Gasteiger partial charge on any atom is -0.497 e. The molecule has 3 rings (SSSR count). The molecule has 0 saturated heterocycles. The molecule has 0 spiro atoms. The van der Waals surface area contributed by atoms with Crippen LogP contribution in [0.3, 0.4) is 0 Å². The van der Waals surface area contributed by atoms with Gasteiger partial charge in [-0.3, -0.25) is 0 Å². The molecule has 160 valence electrons. The minimum absolute atomic E-state index is 0.00875. The maximum absolute atomic E-state index is 12.5. The van der Waals surface area contributed by atoms with E-state index in [1.165, 1.54) is 37.6 Å². The molecule has 3 aromatic carbocycles. The number of hydrazone groups is 1. The number of carbonyl (C=O) groups is 1. The molecule has 0 unspecified atom stereocenters. The van der Waals surface area contributed by atoms with E-state index in [1.54, 1.807) is 42.5 Å². The lowest BCUT2D eigenvalue weighted by Crippen LogP contribution is -2.18. The van der Waals surface area contributed by atoms with Crippen molar-refractivity contribution in [2.75, 3.05) is 7.11 Å². The van der Waals surface area contributed by atoms with Gasteiger partial charge in [-0.1, -0.05) is 27.5 Å². The number of ether oxygens (including phenoxy) is 2. The second-order valence-corrected chi connectivity index (χ2v) is 9.12. The third-order valence-corrected chi connectivity index (χ3v) is 5.98. The molecule has 0 fully saturated rings. The van der Waals surface area contributed by atoms with Crippen LogP contribution in [0.4, 0.5) is 0 Å². The van der Waals surface area contributed by atoms with Gasteiger partial charge in [-0.15, -0.1) is 0 Å². The predicted octanol–water partition coefficient (Wildman–Crippen LogP) is 4.64. The highest BCUT2D eigenvalue weighted by molar-refractivity contribution is 9.10. The van der Waals surface area contributed by atoms with Crippen molar-refractivity contribution < 1.29 is 22.7 Å². The number of carbonyl (C=O) groups excluding carboxylic acids is 1. The summed E-state index contributed by atoms with van der Waals surface area (Å²) in [6.07, 6.45) is 1.24. The highest BCUT2D eigenvalue weighted by Gasteiger charge is 2.14. The molecule has 0 bridgehead atoms. The third kappa shape index (κ3) is 6.06. The van der Waals surface area contributed by atoms with Gasteiger partial charge in [0.1, 0.15) is 11.5 Å². The Bertz CT molecular complexity index is 1210. The monoisotopic (exact) mass is 522 g/mol. The molecular formula is C21H16BrClN2O5S. The smallest absolute Gasteiger partial charge is 0.343 e. The number of nitrogens with one attached hydrogen (secondary N) is 1. The van der Waals surface area contributed by atoms with Gasteiger partial charge >= 0.3 is 5.97 Å². The molecule has 0 amide bonds. The molecule has 7 nitrogen and oxygen atoms in total. The number of nitrogens with zero attached hydrogens (tertiary/aromatic N) is 1. The summed E-state index contributed by atoms with van der Waals surface area (Å²) in [6.45, 7) is 0. The zero-order valence-electron chi connectivity index (χ0n) is 16.1. The number of sulfonamides is 1. The predicted molar refractivity (Wildman–Crippen MR) is 121 cm³/mol. The number of halogens is 2. The molecule has 0 radical (unpaired) electrons. The van der Waals surface area contributed by atoms with Crippen LogP contribution >= 0.6 is 27.5 Å². The van der Waals surface area contributed by atoms with Gasteiger partial charge < -0.3 is 9.47 Å². The molecule has 0 heterocycles. The Balaban J connectivity index is 1.77.